The van der Waals surface area contributed by atoms with Gasteiger partial charge in [0.05, 0.1) is 17.2 Å². The van der Waals surface area contributed by atoms with E-state index in [2.05, 4.69) is 10.3 Å². The van der Waals surface area contributed by atoms with Crippen molar-refractivity contribution in [2.75, 3.05) is 18.5 Å². The first-order chi connectivity index (χ1) is 16.8. The van der Waals surface area contributed by atoms with Crippen LogP contribution in [-0.2, 0) is 10.0 Å². The van der Waals surface area contributed by atoms with Gasteiger partial charge in [-0.3, -0.25) is 10.1 Å². The van der Waals surface area contributed by atoms with Gasteiger partial charge in [0.25, 0.3) is 5.91 Å². The Morgan fingerprint density at radius 2 is 1.83 bits per heavy atom. The first-order valence-corrected chi connectivity index (χ1v) is 14.2. The number of piperidine rings is 1. The Morgan fingerprint density at radius 1 is 1.11 bits per heavy atom. The molecule has 1 saturated heterocycles. The van der Waals surface area contributed by atoms with Crippen LogP contribution in [0.1, 0.15) is 54.8 Å². The zero-order valence-corrected chi connectivity index (χ0v) is 21.9. The highest BCUT2D eigenvalue weighted by atomic mass is 32.2. The van der Waals surface area contributed by atoms with Gasteiger partial charge in [0.15, 0.2) is 5.13 Å². The summed E-state index contributed by atoms with van der Waals surface area (Å²) in [6.07, 6.45) is 3.62. The van der Waals surface area contributed by atoms with Crippen molar-refractivity contribution in [2.24, 2.45) is 0 Å². The van der Waals surface area contributed by atoms with Crippen molar-refractivity contribution in [1.82, 2.24) is 9.29 Å². The largest absolute Gasteiger partial charge is 0.494 e. The van der Waals surface area contributed by atoms with E-state index < -0.39 is 10.0 Å². The molecule has 0 radical (unpaired) electrons. The van der Waals surface area contributed by atoms with Gasteiger partial charge < -0.3 is 4.74 Å². The topological polar surface area (TPSA) is 88.6 Å². The molecule has 2 heterocycles. The Balaban J connectivity index is 1.47. The summed E-state index contributed by atoms with van der Waals surface area (Å²) in [5.41, 5.74) is 2.13. The van der Waals surface area contributed by atoms with E-state index in [1.807, 2.05) is 45.0 Å². The van der Waals surface area contributed by atoms with Gasteiger partial charge in [-0.1, -0.05) is 13.3 Å². The molecular weight excluding hydrogens is 482 g/mol. The number of anilines is 1. The molecule has 0 bridgehead atoms. The third-order valence-electron chi connectivity index (χ3n) is 6.22. The molecule has 7 nitrogen and oxygen atoms in total. The van der Waals surface area contributed by atoms with Crippen LogP contribution < -0.4 is 10.1 Å². The van der Waals surface area contributed by atoms with E-state index in [4.69, 9.17) is 4.74 Å². The number of hydrogen-bond donors (Lipinski definition) is 1. The first kappa shape index (κ1) is 25.3. The minimum Gasteiger partial charge on any atom is -0.494 e. The van der Waals surface area contributed by atoms with Crippen LogP contribution in [0.15, 0.2) is 53.4 Å². The normalized spacial score (nSPS) is 16.7. The number of thiazole rings is 1. The van der Waals surface area contributed by atoms with Crippen molar-refractivity contribution in [2.45, 2.75) is 57.4 Å². The summed E-state index contributed by atoms with van der Waals surface area (Å²) in [6.45, 7) is 7.08. The summed E-state index contributed by atoms with van der Waals surface area (Å²) in [5.74, 6) is 0.471. The number of benzene rings is 2. The van der Waals surface area contributed by atoms with Crippen molar-refractivity contribution in [3.63, 3.8) is 0 Å². The number of aromatic nitrogens is 1. The second-order valence-corrected chi connectivity index (χ2v) is 11.6. The van der Waals surface area contributed by atoms with Crippen LogP contribution in [0.4, 0.5) is 5.13 Å². The van der Waals surface area contributed by atoms with E-state index in [-0.39, 0.29) is 16.8 Å². The van der Waals surface area contributed by atoms with Gasteiger partial charge in [-0.2, -0.15) is 4.31 Å². The van der Waals surface area contributed by atoms with E-state index >= 15 is 0 Å². The van der Waals surface area contributed by atoms with Crippen molar-refractivity contribution >= 4 is 32.4 Å². The second-order valence-electron chi connectivity index (χ2n) is 8.53. The Bertz CT molecular complexity index is 1270. The van der Waals surface area contributed by atoms with Gasteiger partial charge in [-0.05, 0) is 81.6 Å². The van der Waals surface area contributed by atoms with Gasteiger partial charge in [-0.15, -0.1) is 11.3 Å². The lowest BCUT2D eigenvalue weighted by atomic mass is 10.0. The Labute approximate surface area is 211 Å². The molecule has 0 aliphatic carbocycles. The van der Waals surface area contributed by atoms with Gasteiger partial charge in [0.2, 0.25) is 10.0 Å². The molecule has 9 heteroatoms. The fourth-order valence-electron chi connectivity index (χ4n) is 4.37. The third-order valence-corrected chi connectivity index (χ3v) is 9.08. The lowest BCUT2D eigenvalue weighted by Gasteiger charge is -2.34. The molecule has 1 fully saturated rings. The second kappa shape index (κ2) is 10.9. The summed E-state index contributed by atoms with van der Waals surface area (Å²) in [5, 5.41) is 3.34. The Hall–Kier alpha value is -2.75. The van der Waals surface area contributed by atoms with Crippen molar-refractivity contribution in [1.29, 1.82) is 0 Å². The molecule has 1 aliphatic heterocycles. The SMILES string of the molecule is CCOc1ccc(-c2nc(NC(=O)c3ccc(S(=O)(=O)N4CCCCC4CC)cc3)sc2C)cc1. The lowest BCUT2D eigenvalue weighted by molar-refractivity contribution is 0.102. The summed E-state index contributed by atoms with van der Waals surface area (Å²) in [4.78, 5) is 18.6. The summed E-state index contributed by atoms with van der Waals surface area (Å²) < 4.78 is 33.5. The molecular formula is C26H31N3O4S2. The van der Waals surface area contributed by atoms with Crippen LogP contribution in [-0.4, -0.2) is 42.8 Å². The molecule has 4 rings (SSSR count). The molecule has 0 spiro atoms. The molecule has 2 aromatic carbocycles. The van der Waals surface area contributed by atoms with E-state index in [1.165, 1.54) is 23.5 Å². The van der Waals surface area contributed by atoms with Crippen LogP contribution >= 0.6 is 11.3 Å². The number of carbonyl (C=O) groups excluding carboxylic acids is 1. The standard InChI is InChI=1S/C26H31N3O4S2/c1-4-21-8-6-7-17-29(21)35(31,32)23-15-11-20(12-16-23)25(30)28-26-27-24(18(3)34-26)19-9-13-22(14-10-19)33-5-2/h9-16,21H,4-8,17H2,1-3H3,(H,27,28,30). The number of nitrogens with zero attached hydrogens (tertiary/aromatic N) is 2. The van der Waals surface area contributed by atoms with Gasteiger partial charge in [0, 0.05) is 28.6 Å². The van der Waals surface area contributed by atoms with Gasteiger partial charge >= 0.3 is 0 Å². The monoisotopic (exact) mass is 513 g/mol. The Kier molecular flexibility index (Phi) is 7.88. The fraction of sp³-hybridized carbons (Fsp3) is 0.385. The average Bonchev–Trinajstić information content (AvgIpc) is 3.24. The summed E-state index contributed by atoms with van der Waals surface area (Å²) >= 11 is 1.40. The molecule has 1 aromatic heterocycles. The molecule has 3 aromatic rings. The lowest BCUT2D eigenvalue weighted by Crippen LogP contribution is -2.43. The minimum atomic E-state index is -3.58. The van der Waals surface area contributed by atoms with Crippen molar-refractivity contribution in [3.8, 4) is 17.0 Å². The number of hydrogen-bond acceptors (Lipinski definition) is 6. The maximum atomic E-state index is 13.2. The highest BCUT2D eigenvalue weighted by Crippen LogP contribution is 2.32. The minimum absolute atomic E-state index is 0.0365. The number of nitrogens with one attached hydrogen (secondary N) is 1. The molecule has 1 aliphatic rings. The molecule has 1 atom stereocenters. The fourth-order valence-corrected chi connectivity index (χ4v) is 6.97. The van der Waals surface area contributed by atoms with Gasteiger partial charge in [0.1, 0.15) is 5.75 Å². The zero-order valence-electron chi connectivity index (χ0n) is 20.3. The zero-order chi connectivity index (χ0) is 25.0. The van der Waals surface area contributed by atoms with E-state index in [0.717, 1.165) is 47.6 Å². The first-order valence-electron chi connectivity index (χ1n) is 12.0. The number of carbonyl (C=O) groups is 1. The molecule has 1 unspecified atom stereocenters. The van der Waals surface area contributed by atoms with Crippen LogP contribution in [0.25, 0.3) is 11.3 Å². The summed E-state index contributed by atoms with van der Waals surface area (Å²) in [7, 11) is -3.58. The molecule has 35 heavy (non-hydrogen) atoms. The Morgan fingerprint density at radius 3 is 2.49 bits per heavy atom. The predicted octanol–water partition coefficient (Wildman–Crippen LogP) is 5.72. The maximum Gasteiger partial charge on any atom is 0.257 e. The highest BCUT2D eigenvalue weighted by Gasteiger charge is 2.32. The average molecular weight is 514 g/mol. The number of ether oxygens (including phenoxy) is 1. The van der Waals surface area contributed by atoms with Crippen molar-refractivity contribution < 1.29 is 17.9 Å². The van der Waals surface area contributed by atoms with E-state index in [1.54, 1.807) is 16.4 Å². The van der Waals surface area contributed by atoms with E-state index in [9.17, 15) is 13.2 Å². The van der Waals surface area contributed by atoms with Crippen LogP contribution in [0.5, 0.6) is 5.75 Å². The van der Waals surface area contributed by atoms with Crippen LogP contribution in [0.2, 0.25) is 0 Å². The number of sulfonamides is 1. The quantitative estimate of drug-likeness (QED) is 0.416. The van der Waals surface area contributed by atoms with Crippen LogP contribution in [0, 0.1) is 6.92 Å². The third kappa shape index (κ3) is 5.58. The number of aryl methyl sites for hydroxylation is 1. The summed E-state index contributed by atoms with van der Waals surface area (Å²) in [6, 6.07) is 13.9. The number of amides is 1. The molecule has 1 amide bonds. The maximum absolute atomic E-state index is 13.2. The number of rotatable bonds is 8. The molecule has 1 N–H and O–H groups in total. The van der Waals surface area contributed by atoms with Gasteiger partial charge in [-0.25, -0.2) is 13.4 Å². The van der Waals surface area contributed by atoms with Crippen LogP contribution in [0.3, 0.4) is 0 Å². The van der Waals surface area contributed by atoms with E-state index in [0.29, 0.717) is 23.8 Å². The molecule has 0 saturated carbocycles. The molecule has 186 valence electrons. The highest BCUT2D eigenvalue weighted by molar-refractivity contribution is 7.89. The predicted molar refractivity (Wildman–Crippen MR) is 140 cm³/mol. The smallest absolute Gasteiger partial charge is 0.257 e. The van der Waals surface area contributed by atoms with Crippen molar-refractivity contribution in [3.05, 3.63) is 59.0 Å².